The first-order chi connectivity index (χ1) is 10.6. The van der Waals surface area contributed by atoms with Gasteiger partial charge in [-0.25, -0.2) is 4.79 Å². The van der Waals surface area contributed by atoms with E-state index in [1.807, 2.05) is 18.7 Å². The minimum Gasteiger partial charge on any atom is -0.449 e. The van der Waals surface area contributed by atoms with Gasteiger partial charge in [-0.3, -0.25) is 0 Å². The van der Waals surface area contributed by atoms with Crippen LogP contribution in [0, 0.1) is 5.92 Å². The Balaban J connectivity index is 1.58. The summed E-state index contributed by atoms with van der Waals surface area (Å²) < 4.78 is 6.71. The largest absolute Gasteiger partial charge is 0.449 e. The fourth-order valence-electron chi connectivity index (χ4n) is 2.11. The van der Waals surface area contributed by atoms with Crippen molar-refractivity contribution >= 4 is 17.8 Å². The van der Waals surface area contributed by atoms with Crippen LogP contribution in [0.25, 0.3) is 5.78 Å². The van der Waals surface area contributed by atoms with E-state index >= 15 is 0 Å². The zero-order valence-corrected chi connectivity index (χ0v) is 12.6. The van der Waals surface area contributed by atoms with Gasteiger partial charge < -0.3 is 14.5 Å². The van der Waals surface area contributed by atoms with Crippen LogP contribution in [0.4, 0.5) is 10.7 Å². The van der Waals surface area contributed by atoms with E-state index in [0.29, 0.717) is 50.4 Å². The van der Waals surface area contributed by atoms with Gasteiger partial charge in [-0.15, -0.1) is 25.5 Å². The zero-order valence-electron chi connectivity index (χ0n) is 12.6. The second kappa shape index (κ2) is 6.08. The molecule has 0 atom stereocenters. The first-order valence-electron chi connectivity index (χ1n) is 7.21. The lowest BCUT2D eigenvalue weighted by Gasteiger charge is -2.33. The lowest BCUT2D eigenvalue weighted by Crippen LogP contribution is -2.49. The average molecular weight is 306 g/mol. The molecule has 10 nitrogen and oxygen atoms in total. The van der Waals surface area contributed by atoms with Crippen LogP contribution in [0.3, 0.4) is 0 Å². The van der Waals surface area contributed by atoms with Crippen LogP contribution >= 0.6 is 0 Å². The highest BCUT2D eigenvalue weighted by molar-refractivity contribution is 5.68. The van der Waals surface area contributed by atoms with E-state index in [4.69, 9.17) is 4.74 Å². The molecule has 3 rings (SSSR count). The molecular weight excluding hydrogens is 288 g/mol. The maximum absolute atomic E-state index is 11.9. The van der Waals surface area contributed by atoms with Crippen molar-refractivity contribution in [3.05, 3.63) is 6.33 Å². The van der Waals surface area contributed by atoms with E-state index in [9.17, 15) is 4.79 Å². The number of hydrogen-bond acceptors (Lipinski definition) is 8. The van der Waals surface area contributed by atoms with Crippen molar-refractivity contribution in [2.24, 2.45) is 5.92 Å². The maximum atomic E-state index is 11.9. The number of piperazine rings is 1. The Bertz CT molecular complexity index is 649. The fourth-order valence-corrected chi connectivity index (χ4v) is 2.11. The predicted molar refractivity (Wildman–Crippen MR) is 76.3 cm³/mol. The second-order valence-corrected chi connectivity index (χ2v) is 5.52. The number of carbonyl (C=O) groups is 1. The molecular formula is C12H18N8O2. The molecule has 1 amide bonds. The molecule has 2 aromatic heterocycles. The summed E-state index contributed by atoms with van der Waals surface area (Å²) in [4.78, 5) is 15.6. The summed E-state index contributed by atoms with van der Waals surface area (Å²) in [6.45, 7) is 6.86. The average Bonchev–Trinajstić information content (AvgIpc) is 3.00. The van der Waals surface area contributed by atoms with Crippen molar-refractivity contribution in [2.75, 3.05) is 37.7 Å². The standard InChI is InChI=1S/C12H18N8O2/c1-9(2)7-22-12(21)19-5-3-18(4-6-19)11-16-15-10-14-13-8-20(10)17-11/h8-9H,3-7H2,1-2H3. The van der Waals surface area contributed by atoms with Crippen LogP contribution < -0.4 is 4.90 Å². The monoisotopic (exact) mass is 306 g/mol. The van der Waals surface area contributed by atoms with Crippen LogP contribution in [0.1, 0.15) is 13.8 Å². The first-order valence-corrected chi connectivity index (χ1v) is 7.21. The van der Waals surface area contributed by atoms with Crippen LogP contribution in [0.2, 0.25) is 0 Å². The van der Waals surface area contributed by atoms with Gasteiger partial charge in [-0.2, -0.15) is 4.52 Å². The SMILES string of the molecule is CC(C)COC(=O)N1CCN(c2nnc3nncn3n2)CC1. The van der Waals surface area contributed by atoms with Crippen LogP contribution in [-0.2, 0) is 4.74 Å². The molecule has 1 fully saturated rings. The molecule has 0 N–H and O–H groups in total. The first kappa shape index (κ1) is 14.4. The number of nitrogens with zero attached hydrogens (tertiary/aromatic N) is 8. The fraction of sp³-hybridized carbons (Fsp3) is 0.667. The molecule has 22 heavy (non-hydrogen) atoms. The predicted octanol–water partition coefficient (Wildman–Crippen LogP) is -0.171. The summed E-state index contributed by atoms with van der Waals surface area (Å²) in [5.74, 6) is 1.20. The molecule has 0 radical (unpaired) electrons. The van der Waals surface area contributed by atoms with Gasteiger partial charge in [0.1, 0.15) is 6.33 Å². The van der Waals surface area contributed by atoms with Gasteiger partial charge in [0.2, 0.25) is 0 Å². The number of amides is 1. The van der Waals surface area contributed by atoms with Crippen molar-refractivity contribution in [2.45, 2.75) is 13.8 Å². The molecule has 3 heterocycles. The minimum atomic E-state index is -0.262. The van der Waals surface area contributed by atoms with Gasteiger partial charge >= 0.3 is 6.09 Å². The molecule has 0 saturated carbocycles. The zero-order chi connectivity index (χ0) is 15.5. The van der Waals surface area contributed by atoms with E-state index < -0.39 is 0 Å². The van der Waals surface area contributed by atoms with E-state index in [0.717, 1.165) is 0 Å². The molecule has 10 heteroatoms. The molecule has 0 bridgehead atoms. The minimum absolute atomic E-state index is 0.262. The summed E-state index contributed by atoms with van der Waals surface area (Å²) in [6.07, 6.45) is 1.22. The second-order valence-electron chi connectivity index (χ2n) is 5.52. The van der Waals surface area contributed by atoms with E-state index in [2.05, 4.69) is 25.5 Å². The van der Waals surface area contributed by atoms with Gasteiger partial charge in [0, 0.05) is 26.2 Å². The smallest absolute Gasteiger partial charge is 0.409 e. The highest BCUT2D eigenvalue weighted by Gasteiger charge is 2.24. The van der Waals surface area contributed by atoms with Crippen molar-refractivity contribution in [1.82, 2.24) is 34.9 Å². The molecule has 0 unspecified atom stereocenters. The van der Waals surface area contributed by atoms with E-state index in [1.165, 1.54) is 10.8 Å². The molecule has 2 aromatic rings. The van der Waals surface area contributed by atoms with Crippen molar-refractivity contribution in [3.63, 3.8) is 0 Å². The third kappa shape index (κ3) is 3.05. The maximum Gasteiger partial charge on any atom is 0.409 e. The third-order valence-corrected chi connectivity index (χ3v) is 3.30. The topological polar surface area (TPSA) is 102 Å². The Hall–Kier alpha value is -2.52. The van der Waals surface area contributed by atoms with Crippen LogP contribution in [-0.4, -0.2) is 73.8 Å². The normalized spacial score (nSPS) is 15.6. The van der Waals surface area contributed by atoms with Gasteiger partial charge in [0.15, 0.2) is 0 Å². The van der Waals surface area contributed by atoms with Gasteiger partial charge in [-0.1, -0.05) is 13.8 Å². The molecule has 1 aliphatic heterocycles. The number of hydrogen-bond donors (Lipinski definition) is 0. The molecule has 118 valence electrons. The van der Waals surface area contributed by atoms with Crippen molar-refractivity contribution < 1.29 is 9.53 Å². The lowest BCUT2D eigenvalue weighted by atomic mass is 10.2. The quantitative estimate of drug-likeness (QED) is 0.770. The molecule has 1 aliphatic rings. The van der Waals surface area contributed by atoms with E-state index in [1.54, 1.807) is 4.90 Å². The third-order valence-electron chi connectivity index (χ3n) is 3.30. The van der Waals surface area contributed by atoms with Gasteiger partial charge in [0.05, 0.1) is 6.61 Å². The van der Waals surface area contributed by atoms with Gasteiger partial charge in [0.25, 0.3) is 11.7 Å². The Morgan fingerprint density at radius 3 is 2.73 bits per heavy atom. The lowest BCUT2D eigenvalue weighted by molar-refractivity contribution is 0.0900. The summed E-state index contributed by atoms with van der Waals surface area (Å²) in [6, 6.07) is 0. The summed E-state index contributed by atoms with van der Waals surface area (Å²) >= 11 is 0. The molecule has 0 aromatic carbocycles. The Morgan fingerprint density at radius 2 is 2.00 bits per heavy atom. The molecule has 0 aliphatic carbocycles. The number of ether oxygens (including phenoxy) is 1. The Morgan fingerprint density at radius 1 is 1.23 bits per heavy atom. The van der Waals surface area contributed by atoms with Crippen molar-refractivity contribution in [3.8, 4) is 0 Å². The highest BCUT2D eigenvalue weighted by atomic mass is 16.6. The number of carbonyl (C=O) groups excluding carboxylic acids is 1. The number of anilines is 1. The number of fused-ring (bicyclic) bond motifs is 1. The summed E-state index contributed by atoms with van der Waals surface area (Å²) in [7, 11) is 0. The molecule has 1 saturated heterocycles. The summed E-state index contributed by atoms with van der Waals surface area (Å²) in [5.41, 5.74) is 0. The highest BCUT2D eigenvalue weighted by Crippen LogP contribution is 2.10. The Kier molecular flexibility index (Phi) is 3.98. The van der Waals surface area contributed by atoms with Gasteiger partial charge in [-0.05, 0) is 5.92 Å². The number of rotatable bonds is 3. The number of aromatic nitrogens is 6. The van der Waals surface area contributed by atoms with Crippen molar-refractivity contribution in [1.29, 1.82) is 0 Å². The molecule has 0 spiro atoms. The van der Waals surface area contributed by atoms with Crippen LogP contribution in [0.15, 0.2) is 6.33 Å². The van der Waals surface area contributed by atoms with E-state index in [-0.39, 0.29) is 6.09 Å². The Labute approximate surface area is 127 Å². The van der Waals surface area contributed by atoms with Crippen LogP contribution in [0.5, 0.6) is 0 Å². The summed E-state index contributed by atoms with van der Waals surface area (Å²) in [5, 5.41) is 19.8.